The van der Waals surface area contributed by atoms with Gasteiger partial charge in [-0.25, -0.2) is 4.79 Å². The summed E-state index contributed by atoms with van der Waals surface area (Å²) >= 11 is 0. The van der Waals surface area contributed by atoms with Gasteiger partial charge in [0.1, 0.15) is 6.61 Å². The largest absolute Gasteiger partial charge is 0.445 e. The molecule has 2 bridgehead atoms. The van der Waals surface area contributed by atoms with Crippen molar-refractivity contribution in [3.8, 4) is 0 Å². The highest BCUT2D eigenvalue weighted by Gasteiger charge is 2.51. The molecule has 0 atom stereocenters. The predicted molar refractivity (Wildman–Crippen MR) is 86.3 cm³/mol. The Hall–Kier alpha value is -1.55. The van der Waals surface area contributed by atoms with Gasteiger partial charge in [0.2, 0.25) is 0 Å². The fraction of sp³-hybridized carbons (Fsp3) is 0.611. The van der Waals surface area contributed by atoms with Gasteiger partial charge in [-0.1, -0.05) is 30.3 Å². The number of nitrogens with zero attached hydrogens (tertiary/aromatic N) is 1. The second kappa shape index (κ2) is 5.92. The van der Waals surface area contributed by atoms with E-state index in [0.717, 1.165) is 50.6 Å². The molecule has 0 spiro atoms. The van der Waals surface area contributed by atoms with Crippen molar-refractivity contribution >= 4 is 6.09 Å². The summed E-state index contributed by atoms with van der Waals surface area (Å²) in [4.78, 5) is 14.3. The number of fused-ring (bicyclic) bond motifs is 3. The van der Waals surface area contributed by atoms with Gasteiger partial charge in [0, 0.05) is 12.6 Å². The second-order valence-electron chi connectivity index (χ2n) is 7.03. The molecule has 0 heterocycles. The van der Waals surface area contributed by atoms with E-state index in [0.29, 0.717) is 12.0 Å². The van der Waals surface area contributed by atoms with Gasteiger partial charge in [-0.2, -0.15) is 0 Å². The zero-order valence-electron chi connectivity index (χ0n) is 13.4. The van der Waals surface area contributed by atoms with Crippen molar-refractivity contribution in [3.05, 3.63) is 35.9 Å². The minimum atomic E-state index is -0.203. The van der Waals surface area contributed by atoms with Crippen LogP contribution < -0.4 is 5.73 Å². The summed E-state index contributed by atoms with van der Waals surface area (Å²) in [5.74, 6) is 0. The van der Waals surface area contributed by atoms with E-state index in [4.69, 9.17) is 10.5 Å². The van der Waals surface area contributed by atoms with Crippen molar-refractivity contribution in [2.24, 2.45) is 11.1 Å². The third-order valence-corrected chi connectivity index (χ3v) is 5.99. The highest BCUT2D eigenvalue weighted by atomic mass is 16.6. The molecule has 4 nitrogen and oxygen atoms in total. The number of nitrogens with two attached hydrogens (primary N) is 1. The molecular weight excluding hydrogens is 276 g/mol. The van der Waals surface area contributed by atoms with Crippen molar-refractivity contribution in [3.63, 3.8) is 0 Å². The molecule has 0 radical (unpaired) electrons. The third kappa shape index (κ3) is 2.72. The number of ether oxygens (including phenoxy) is 1. The molecule has 1 aromatic rings. The Morgan fingerprint density at radius 1 is 1.14 bits per heavy atom. The zero-order valence-corrected chi connectivity index (χ0v) is 13.4. The first kappa shape index (κ1) is 15.3. The van der Waals surface area contributed by atoms with Crippen LogP contribution in [0.1, 0.15) is 44.1 Å². The van der Waals surface area contributed by atoms with Gasteiger partial charge in [0.05, 0.1) is 0 Å². The molecule has 3 aliphatic carbocycles. The summed E-state index contributed by atoms with van der Waals surface area (Å²) in [5.41, 5.74) is 7.32. The van der Waals surface area contributed by atoms with Gasteiger partial charge in [0.15, 0.2) is 0 Å². The van der Waals surface area contributed by atoms with Crippen LogP contribution in [-0.2, 0) is 11.3 Å². The lowest BCUT2D eigenvalue weighted by Crippen LogP contribution is -2.58. The minimum absolute atomic E-state index is 0.00923. The number of rotatable bonds is 4. The SMILES string of the molecule is CN(C(=O)OCc1ccccc1)C12CCC(CN)(CC1)CC2. The first-order valence-electron chi connectivity index (χ1n) is 8.24. The quantitative estimate of drug-likeness (QED) is 0.928. The Morgan fingerprint density at radius 3 is 2.27 bits per heavy atom. The molecule has 0 saturated heterocycles. The van der Waals surface area contributed by atoms with Crippen molar-refractivity contribution in [2.75, 3.05) is 13.6 Å². The Labute approximate surface area is 132 Å². The van der Waals surface area contributed by atoms with Crippen molar-refractivity contribution in [1.29, 1.82) is 0 Å². The molecule has 2 N–H and O–H groups in total. The van der Waals surface area contributed by atoms with Gasteiger partial charge >= 0.3 is 6.09 Å². The van der Waals surface area contributed by atoms with Crippen LogP contribution in [0.15, 0.2) is 30.3 Å². The fourth-order valence-electron chi connectivity index (χ4n) is 4.06. The van der Waals surface area contributed by atoms with E-state index in [1.807, 2.05) is 42.3 Å². The molecule has 4 rings (SSSR count). The molecule has 1 aromatic carbocycles. The molecule has 3 fully saturated rings. The maximum Gasteiger partial charge on any atom is 0.410 e. The molecule has 0 unspecified atom stereocenters. The van der Waals surface area contributed by atoms with Crippen LogP contribution in [0.2, 0.25) is 0 Å². The minimum Gasteiger partial charge on any atom is -0.445 e. The molecule has 22 heavy (non-hydrogen) atoms. The lowest BCUT2D eigenvalue weighted by Gasteiger charge is -2.56. The maximum atomic E-state index is 12.4. The average molecular weight is 302 g/mol. The van der Waals surface area contributed by atoms with E-state index >= 15 is 0 Å². The van der Waals surface area contributed by atoms with E-state index in [9.17, 15) is 4.79 Å². The van der Waals surface area contributed by atoms with Gasteiger partial charge < -0.3 is 15.4 Å². The smallest absolute Gasteiger partial charge is 0.410 e. The molecule has 0 aromatic heterocycles. The fourth-order valence-corrected chi connectivity index (χ4v) is 4.06. The lowest BCUT2D eigenvalue weighted by molar-refractivity contribution is -0.0371. The van der Waals surface area contributed by atoms with Gasteiger partial charge in [-0.15, -0.1) is 0 Å². The summed E-state index contributed by atoms with van der Waals surface area (Å²) in [6, 6.07) is 9.83. The van der Waals surface area contributed by atoms with E-state index in [1.54, 1.807) is 0 Å². The zero-order chi connectivity index (χ0) is 15.6. The number of hydrogen-bond acceptors (Lipinski definition) is 3. The highest BCUT2D eigenvalue weighted by Crippen LogP contribution is 2.53. The first-order chi connectivity index (χ1) is 10.6. The molecular formula is C18H26N2O2. The summed E-state index contributed by atoms with van der Waals surface area (Å²) in [6.07, 6.45) is 6.38. The highest BCUT2D eigenvalue weighted by molar-refractivity contribution is 5.68. The standard InChI is InChI=1S/C18H26N2O2/c1-20(16(21)22-13-15-5-3-2-4-6-15)18-10-7-17(14-19,8-11-18)9-12-18/h2-6H,7-14,19H2,1H3. The van der Waals surface area contributed by atoms with Crippen LogP contribution in [0.4, 0.5) is 4.79 Å². The molecule has 3 aliphatic rings. The van der Waals surface area contributed by atoms with Crippen LogP contribution >= 0.6 is 0 Å². The Kier molecular flexibility index (Phi) is 4.13. The van der Waals surface area contributed by atoms with Crippen LogP contribution in [-0.4, -0.2) is 30.1 Å². The van der Waals surface area contributed by atoms with Gasteiger partial charge in [-0.3, -0.25) is 0 Å². The van der Waals surface area contributed by atoms with Crippen LogP contribution in [0.5, 0.6) is 0 Å². The summed E-state index contributed by atoms with van der Waals surface area (Å²) < 4.78 is 5.50. The lowest BCUT2D eigenvalue weighted by atomic mass is 9.57. The average Bonchev–Trinajstić information content (AvgIpc) is 2.61. The monoisotopic (exact) mass is 302 g/mol. The number of hydrogen-bond donors (Lipinski definition) is 1. The molecule has 120 valence electrons. The molecule has 3 saturated carbocycles. The second-order valence-corrected chi connectivity index (χ2v) is 7.03. The molecule has 4 heteroatoms. The van der Waals surface area contributed by atoms with Crippen molar-refractivity contribution in [2.45, 2.75) is 50.7 Å². The van der Waals surface area contributed by atoms with E-state index < -0.39 is 0 Å². The van der Waals surface area contributed by atoms with Crippen molar-refractivity contribution in [1.82, 2.24) is 4.90 Å². The van der Waals surface area contributed by atoms with Crippen LogP contribution in [0.25, 0.3) is 0 Å². The summed E-state index contributed by atoms with van der Waals surface area (Å²) in [5, 5.41) is 0. The third-order valence-electron chi connectivity index (χ3n) is 5.99. The van der Waals surface area contributed by atoms with Gasteiger partial charge in [-0.05, 0) is 56.0 Å². The number of carbonyl (C=O) groups excluding carboxylic acids is 1. The normalized spacial score (nSPS) is 30.1. The van der Waals surface area contributed by atoms with Crippen LogP contribution in [0.3, 0.4) is 0 Å². The van der Waals surface area contributed by atoms with Gasteiger partial charge in [0.25, 0.3) is 0 Å². The van der Waals surface area contributed by atoms with E-state index in [-0.39, 0.29) is 11.6 Å². The number of benzene rings is 1. The topological polar surface area (TPSA) is 55.6 Å². The molecule has 0 aliphatic heterocycles. The van der Waals surface area contributed by atoms with E-state index in [1.165, 1.54) is 0 Å². The Morgan fingerprint density at radius 2 is 1.73 bits per heavy atom. The predicted octanol–water partition coefficient (Wildman–Crippen LogP) is 3.31. The van der Waals surface area contributed by atoms with E-state index in [2.05, 4.69) is 0 Å². The number of carbonyl (C=O) groups is 1. The Balaban J connectivity index is 1.59. The summed E-state index contributed by atoms with van der Waals surface area (Å²) in [6.45, 7) is 1.12. The summed E-state index contributed by atoms with van der Waals surface area (Å²) in [7, 11) is 1.90. The van der Waals surface area contributed by atoms with Crippen LogP contribution in [0, 0.1) is 5.41 Å². The maximum absolute atomic E-state index is 12.4. The first-order valence-corrected chi connectivity index (χ1v) is 8.24. The molecule has 1 amide bonds. The number of amides is 1. The van der Waals surface area contributed by atoms with Crippen molar-refractivity contribution < 1.29 is 9.53 Å². The Bertz CT molecular complexity index is 505.